The van der Waals surface area contributed by atoms with Gasteiger partial charge >= 0.3 is 5.97 Å². The fourth-order valence-corrected chi connectivity index (χ4v) is 3.60. The molecule has 1 aromatic rings. The van der Waals surface area contributed by atoms with Crippen molar-refractivity contribution in [3.8, 4) is 0 Å². The van der Waals surface area contributed by atoms with Crippen LogP contribution in [-0.4, -0.2) is 49.1 Å². The minimum atomic E-state index is -3.64. The van der Waals surface area contributed by atoms with Gasteiger partial charge in [-0.15, -0.1) is 0 Å². The molecule has 0 radical (unpaired) electrons. The summed E-state index contributed by atoms with van der Waals surface area (Å²) in [7, 11) is -2.37. The van der Waals surface area contributed by atoms with E-state index in [4.69, 9.17) is 0 Å². The molecular formula is C11H19N3O4S. The SMILES string of the molecule is CCN(CCC(=O)OC)S(=O)(=O)c1c(C)n[nH]c1C. The summed E-state index contributed by atoms with van der Waals surface area (Å²) < 4.78 is 30.7. The topological polar surface area (TPSA) is 92.4 Å². The molecule has 0 aliphatic carbocycles. The minimum absolute atomic E-state index is 0.0273. The van der Waals surface area contributed by atoms with Gasteiger partial charge in [-0.25, -0.2) is 8.42 Å². The summed E-state index contributed by atoms with van der Waals surface area (Å²) >= 11 is 0. The van der Waals surface area contributed by atoms with Crippen LogP contribution in [-0.2, 0) is 19.6 Å². The molecule has 0 amide bonds. The van der Waals surface area contributed by atoms with Crippen molar-refractivity contribution in [1.29, 1.82) is 0 Å². The number of H-pyrrole nitrogens is 1. The fraction of sp³-hybridized carbons (Fsp3) is 0.636. The van der Waals surface area contributed by atoms with Gasteiger partial charge in [0.15, 0.2) is 0 Å². The van der Waals surface area contributed by atoms with Gasteiger partial charge in [0.1, 0.15) is 4.90 Å². The summed E-state index contributed by atoms with van der Waals surface area (Å²) in [6.45, 7) is 5.38. The van der Waals surface area contributed by atoms with Gasteiger partial charge in [0.2, 0.25) is 10.0 Å². The van der Waals surface area contributed by atoms with Crippen molar-refractivity contribution in [1.82, 2.24) is 14.5 Å². The zero-order chi connectivity index (χ0) is 14.6. The first-order valence-electron chi connectivity index (χ1n) is 5.93. The lowest BCUT2D eigenvalue weighted by Gasteiger charge is -2.20. The number of aryl methyl sites for hydroxylation is 2. The maximum Gasteiger partial charge on any atom is 0.306 e. The molecule has 1 N–H and O–H groups in total. The quantitative estimate of drug-likeness (QED) is 0.774. The highest BCUT2D eigenvalue weighted by molar-refractivity contribution is 7.89. The summed E-state index contributed by atoms with van der Waals surface area (Å²) in [5, 5.41) is 6.54. The van der Waals surface area contributed by atoms with Gasteiger partial charge in [0, 0.05) is 13.1 Å². The lowest BCUT2D eigenvalue weighted by Crippen LogP contribution is -2.33. The van der Waals surface area contributed by atoms with Gasteiger partial charge in [-0.3, -0.25) is 9.89 Å². The van der Waals surface area contributed by atoms with Crippen molar-refractivity contribution in [2.24, 2.45) is 0 Å². The van der Waals surface area contributed by atoms with Crippen LogP contribution in [0.15, 0.2) is 4.90 Å². The van der Waals surface area contributed by atoms with E-state index in [0.717, 1.165) is 0 Å². The summed E-state index contributed by atoms with van der Waals surface area (Å²) in [6, 6.07) is 0. The third-order valence-electron chi connectivity index (χ3n) is 2.80. The molecule has 0 saturated carbocycles. The molecule has 19 heavy (non-hydrogen) atoms. The van der Waals surface area contributed by atoms with Gasteiger partial charge in [0.05, 0.1) is 24.9 Å². The second-order valence-corrected chi connectivity index (χ2v) is 5.96. The average Bonchev–Trinajstić information content (AvgIpc) is 2.69. The number of hydrogen-bond acceptors (Lipinski definition) is 5. The van der Waals surface area contributed by atoms with Crippen LogP contribution < -0.4 is 0 Å². The summed E-state index contributed by atoms with van der Waals surface area (Å²) in [5.41, 5.74) is 0.919. The molecule has 0 bridgehead atoms. The van der Waals surface area contributed by atoms with Crippen LogP contribution in [0.4, 0.5) is 0 Å². The number of carbonyl (C=O) groups is 1. The molecule has 0 spiro atoms. The number of carbonyl (C=O) groups excluding carboxylic acids is 1. The molecule has 1 heterocycles. The molecule has 1 aromatic heterocycles. The fourth-order valence-electron chi connectivity index (χ4n) is 1.82. The van der Waals surface area contributed by atoms with Gasteiger partial charge in [-0.1, -0.05) is 6.92 Å². The van der Waals surface area contributed by atoms with E-state index in [2.05, 4.69) is 14.9 Å². The third-order valence-corrected chi connectivity index (χ3v) is 5.04. The lowest BCUT2D eigenvalue weighted by molar-refractivity contribution is -0.140. The Morgan fingerprint density at radius 2 is 2.05 bits per heavy atom. The number of hydrogen-bond donors (Lipinski definition) is 1. The van der Waals surface area contributed by atoms with E-state index in [9.17, 15) is 13.2 Å². The van der Waals surface area contributed by atoms with E-state index in [1.165, 1.54) is 11.4 Å². The van der Waals surface area contributed by atoms with Crippen molar-refractivity contribution in [3.63, 3.8) is 0 Å². The Bertz CT molecular complexity index is 531. The Hall–Kier alpha value is -1.41. The minimum Gasteiger partial charge on any atom is -0.469 e. The Morgan fingerprint density at radius 3 is 2.47 bits per heavy atom. The second-order valence-electron chi connectivity index (χ2n) is 4.09. The van der Waals surface area contributed by atoms with Crippen molar-refractivity contribution in [2.75, 3.05) is 20.2 Å². The highest BCUT2D eigenvalue weighted by atomic mass is 32.2. The van der Waals surface area contributed by atoms with Crippen LogP contribution in [0, 0.1) is 13.8 Å². The van der Waals surface area contributed by atoms with Crippen LogP contribution in [0.25, 0.3) is 0 Å². The lowest BCUT2D eigenvalue weighted by atomic mass is 10.4. The van der Waals surface area contributed by atoms with Gasteiger partial charge in [-0.05, 0) is 13.8 Å². The third kappa shape index (κ3) is 3.32. The number of aromatic nitrogens is 2. The largest absolute Gasteiger partial charge is 0.469 e. The van der Waals surface area contributed by atoms with E-state index in [0.29, 0.717) is 11.4 Å². The molecule has 0 aliphatic rings. The molecule has 0 aliphatic heterocycles. The monoisotopic (exact) mass is 289 g/mol. The first-order chi connectivity index (χ1) is 8.84. The van der Waals surface area contributed by atoms with Crippen molar-refractivity contribution >= 4 is 16.0 Å². The smallest absolute Gasteiger partial charge is 0.306 e. The van der Waals surface area contributed by atoms with Crippen LogP contribution >= 0.6 is 0 Å². The van der Waals surface area contributed by atoms with Crippen LogP contribution in [0.5, 0.6) is 0 Å². The number of nitrogens with one attached hydrogen (secondary N) is 1. The molecule has 8 heteroatoms. The maximum absolute atomic E-state index is 12.5. The first-order valence-corrected chi connectivity index (χ1v) is 7.37. The van der Waals surface area contributed by atoms with E-state index in [-0.39, 0.29) is 24.4 Å². The van der Waals surface area contributed by atoms with Gasteiger partial charge in [-0.2, -0.15) is 9.40 Å². The van der Waals surface area contributed by atoms with Crippen LogP contribution in [0.3, 0.4) is 0 Å². The Kier molecular flexibility index (Phi) is 5.07. The summed E-state index contributed by atoms with van der Waals surface area (Å²) in [4.78, 5) is 11.3. The molecule has 7 nitrogen and oxygen atoms in total. The maximum atomic E-state index is 12.5. The highest BCUT2D eigenvalue weighted by Gasteiger charge is 2.28. The Morgan fingerprint density at radius 1 is 1.42 bits per heavy atom. The van der Waals surface area contributed by atoms with Gasteiger partial charge < -0.3 is 4.74 Å². The average molecular weight is 289 g/mol. The van der Waals surface area contributed by atoms with E-state index in [1.807, 2.05) is 0 Å². The second kappa shape index (κ2) is 6.16. The zero-order valence-electron chi connectivity index (χ0n) is 11.6. The number of aromatic amines is 1. The first kappa shape index (κ1) is 15.6. The van der Waals surface area contributed by atoms with E-state index in [1.54, 1.807) is 20.8 Å². The predicted octanol–water partition coefficient (Wildman–Crippen LogP) is 0.600. The molecule has 108 valence electrons. The standard InChI is InChI=1S/C11H19N3O4S/c1-5-14(7-6-10(15)18-4)19(16,17)11-8(2)12-13-9(11)3/h5-7H2,1-4H3,(H,12,13). The van der Waals surface area contributed by atoms with E-state index >= 15 is 0 Å². The van der Waals surface area contributed by atoms with Crippen molar-refractivity contribution in [2.45, 2.75) is 32.1 Å². The summed E-state index contributed by atoms with van der Waals surface area (Å²) in [5.74, 6) is -0.436. The molecular weight excluding hydrogens is 270 g/mol. The van der Waals surface area contributed by atoms with E-state index < -0.39 is 16.0 Å². The van der Waals surface area contributed by atoms with Gasteiger partial charge in [0.25, 0.3) is 0 Å². The van der Waals surface area contributed by atoms with Crippen molar-refractivity contribution in [3.05, 3.63) is 11.4 Å². The number of rotatable bonds is 6. The number of esters is 1. The Labute approximate surface area is 113 Å². The highest BCUT2D eigenvalue weighted by Crippen LogP contribution is 2.21. The number of methoxy groups -OCH3 is 1. The molecule has 0 unspecified atom stereocenters. The van der Waals surface area contributed by atoms with Crippen LogP contribution in [0.1, 0.15) is 24.7 Å². The number of sulfonamides is 1. The Balaban J connectivity index is 3.00. The summed E-state index contributed by atoms with van der Waals surface area (Å²) in [6.07, 6.45) is 0.0273. The predicted molar refractivity (Wildman–Crippen MR) is 69.1 cm³/mol. The molecule has 0 aromatic carbocycles. The molecule has 0 saturated heterocycles. The van der Waals surface area contributed by atoms with Crippen LogP contribution in [0.2, 0.25) is 0 Å². The molecule has 0 fully saturated rings. The number of ether oxygens (including phenoxy) is 1. The molecule has 1 rings (SSSR count). The van der Waals surface area contributed by atoms with Crippen molar-refractivity contribution < 1.29 is 17.9 Å². The molecule has 0 atom stereocenters. The zero-order valence-corrected chi connectivity index (χ0v) is 12.4. The normalized spacial score (nSPS) is 11.8. The number of nitrogens with zero attached hydrogens (tertiary/aromatic N) is 2.